The number of nitrogens with two attached hydrogens (primary N) is 1. The predicted octanol–water partition coefficient (Wildman–Crippen LogP) is 2.72. The van der Waals surface area contributed by atoms with Gasteiger partial charge in [0.25, 0.3) is 5.91 Å². The number of halogens is 2. The minimum absolute atomic E-state index is 0.000275. The number of aliphatic hydroxyl groups excluding tert-OH is 1. The molecule has 1 aliphatic rings. The van der Waals surface area contributed by atoms with Crippen molar-refractivity contribution in [3.05, 3.63) is 59.1 Å². The van der Waals surface area contributed by atoms with E-state index in [2.05, 4.69) is 10.3 Å². The minimum Gasteiger partial charge on any atom is -0.461 e. The fraction of sp³-hybridized carbons (Fsp3) is 0.318. The Hall–Kier alpha value is -3.53. The first-order valence-corrected chi connectivity index (χ1v) is 9.97. The zero-order chi connectivity index (χ0) is 23.0. The van der Waals surface area contributed by atoms with Crippen LogP contribution in [-0.4, -0.2) is 34.6 Å². The molecule has 1 saturated carbocycles. The average Bonchev–Trinajstić information content (AvgIpc) is 3.54. The highest BCUT2D eigenvalue weighted by molar-refractivity contribution is 6.08. The highest BCUT2D eigenvalue weighted by Crippen LogP contribution is 2.45. The molecular formula is C22H21F2N3O5. The summed E-state index contributed by atoms with van der Waals surface area (Å²) in [6.45, 7) is 0.824. The number of pyridine rings is 1. The fourth-order valence-electron chi connectivity index (χ4n) is 3.53. The lowest BCUT2D eigenvalue weighted by Crippen LogP contribution is -2.46. The molecule has 10 heteroatoms. The van der Waals surface area contributed by atoms with Crippen LogP contribution in [0, 0.1) is 6.92 Å². The van der Waals surface area contributed by atoms with E-state index >= 15 is 8.78 Å². The first-order chi connectivity index (χ1) is 15.2. The Morgan fingerprint density at radius 2 is 2.12 bits per heavy atom. The van der Waals surface area contributed by atoms with Crippen LogP contribution in [0.1, 0.15) is 46.1 Å². The quantitative estimate of drug-likeness (QED) is 0.489. The van der Waals surface area contributed by atoms with Gasteiger partial charge in [-0.2, -0.15) is 8.78 Å². The number of hydrogen-bond acceptors (Lipinski definition) is 6. The van der Waals surface area contributed by atoms with Gasteiger partial charge in [-0.1, -0.05) is 0 Å². The molecule has 0 aliphatic heterocycles. The molecular weight excluding hydrogens is 424 g/mol. The number of primary amides is 1. The van der Waals surface area contributed by atoms with Crippen LogP contribution in [0.3, 0.4) is 0 Å². The number of aryl methyl sites for hydroxylation is 1. The van der Waals surface area contributed by atoms with Crippen LogP contribution >= 0.6 is 0 Å². The van der Waals surface area contributed by atoms with Crippen LogP contribution in [0.15, 0.2) is 40.9 Å². The number of hydrogen-bond donors (Lipinski definition) is 3. The molecule has 1 atom stereocenters. The number of aromatic nitrogens is 1. The predicted molar refractivity (Wildman–Crippen MR) is 109 cm³/mol. The average molecular weight is 445 g/mol. The summed E-state index contributed by atoms with van der Waals surface area (Å²) in [4.78, 5) is 28.1. The minimum atomic E-state index is -3.64. The fourth-order valence-corrected chi connectivity index (χ4v) is 3.53. The number of ether oxygens (including phenoxy) is 1. The number of benzene rings is 1. The topological polar surface area (TPSA) is 128 Å². The number of rotatable bonds is 8. The van der Waals surface area contributed by atoms with Crippen LogP contribution in [0.5, 0.6) is 5.75 Å². The van der Waals surface area contributed by atoms with Gasteiger partial charge in [0, 0.05) is 17.5 Å². The van der Waals surface area contributed by atoms with E-state index in [9.17, 15) is 14.7 Å². The molecule has 8 nitrogen and oxygen atoms in total. The van der Waals surface area contributed by atoms with Gasteiger partial charge in [0.1, 0.15) is 23.1 Å². The summed E-state index contributed by atoms with van der Waals surface area (Å²) in [5.41, 5.74) is 5.45. The number of furan rings is 1. The Kier molecular flexibility index (Phi) is 5.55. The Balaban J connectivity index is 1.66. The summed E-state index contributed by atoms with van der Waals surface area (Å²) >= 11 is 0. The van der Waals surface area contributed by atoms with E-state index in [1.165, 1.54) is 43.5 Å². The SMILES string of the molecule is Cc1oc2ccc(OC(F)(F)c3cccnc3C3CC3)cc2c1C(=O)N[C@@H](CO)C(N)=O. The van der Waals surface area contributed by atoms with Crippen molar-refractivity contribution < 1.29 is 32.6 Å². The first-order valence-electron chi connectivity index (χ1n) is 9.97. The van der Waals surface area contributed by atoms with Crippen LogP contribution in [-0.2, 0) is 10.9 Å². The van der Waals surface area contributed by atoms with Crippen molar-refractivity contribution in [3.8, 4) is 5.75 Å². The van der Waals surface area contributed by atoms with Gasteiger partial charge in [-0.3, -0.25) is 14.6 Å². The van der Waals surface area contributed by atoms with Crippen molar-refractivity contribution in [3.63, 3.8) is 0 Å². The largest absolute Gasteiger partial charge is 0.461 e. The Bertz CT molecular complexity index is 1190. The van der Waals surface area contributed by atoms with Crippen LogP contribution in [0.4, 0.5) is 8.78 Å². The van der Waals surface area contributed by atoms with E-state index in [0.717, 1.165) is 12.8 Å². The second-order valence-corrected chi connectivity index (χ2v) is 7.63. The molecule has 2 aromatic heterocycles. The number of carbonyl (C=O) groups is 2. The van der Waals surface area contributed by atoms with Gasteiger partial charge in [0.2, 0.25) is 5.91 Å². The van der Waals surface area contributed by atoms with Gasteiger partial charge in [0.15, 0.2) is 0 Å². The molecule has 0 saturated heterocycles. The number of alkyl halides is 2. The van der Waals surface area contributed by atoms with Crippen molar-refractivity contribution in [1.82, 2.24) is 10.3 Å². The number of aliphatic hydroxyl groups is 1. The van der Waals surface area contributed by atoms with Gasteiger partial charge in [-0.05, 0) is 50.1 Å². The van der Waals surface area contributed by atoms with E-state index in [0.29, 0.717) is 5.69 Å². The first kappa shape index (κ1) is 21.7. The molecule has 1 fully saturated rings. The third kappa shape index (κ3) is 4.13. The van der Waals surface area contributed by atoms with Crippen LogP contribution in [0.2, 0.25) is 0 Å². The summed E-state index contributed by atoms with van der Waals surface area (Å²) in [5, 5.41) is 11.7. The number of fused-ring (bicyclic) bond motifs is 1. The van der Waals surface area contributed by atoms with Crippen molar-refractivity contribution >= 4 is 22.8 Å². The molecule has 4 rings (SSSR count). The van der Waals surface area contributed by atoms with E-state index in [4.69, 9.17) is 14.9 Å². The zero-order valence-corrected chi connectivity index (χ0v) is 17.1. The van der Waals surface area contributed by atoms with Gasteiger partial charge in [-0.15, -0.1) is 0 Å². The van der Waals surface area contributed by atoms with Crippen molar-refractivity contribution in [2.24, 2.45) is 5.73 Å². The maximum absolute atomic E-state index is 15.0. The number of amides is 2. The lowest BCUT2D eigenvalue weighted by atomic mass is 10.1. The second kappa shape index (κ2) is 8.19. The normalized spacial score (nSPS) is 14.9. The lowest BCUT2D eigenvalue weighted by Gasteiger charge is -2.20. The van der Waals surface area contributed by atoms with Crippen LogP contribution in [0.25, 0.3) is 11.0 Å². The Morgan fingerprint density at radius 1 is 1.38 bits per heavy atom. The summed E-state index contributed by atoms with van der Waals surface area (Å²) in [6.07, 6.45) is -0.558. The molecule has 2 amide bonds. The molecule has 0 bridgehead atoms. The molecule has 0 unspecified atom stereocenters. The maximum Gasteiger partial charge on any atom is 0.428 e. The van der Waals surface area contributed by atoms with E-state index in [-0.39, 0.29) is 39.5 Å². The zero-order valence-electron chi connectivity index (χ0n) is 17.1. The van der Waals surface area contributed by atoms with Gasteiger partial charge in [-0.25, -0.2) is 0 Å². The van der Waals surface area contributed by atoms with E-state index in [1.807, 2.05) is 0 Å². The number of nitrogens with one attached hydrogen (secondary N) is 1. The molecule has 1 aromatic carbocycles. The molecule has 2 heterocycles. The standard InChI is InChI=1S/C22H21F2N3O5/c1-11-18(21(30)27-16(10-28)20(25)29)14-9-13(6-7-17(14)31-11)32-22(23,24)15-3-2-8-26-19(15)12-4-5-12/h2-3,6-9,12,16,28H,4-5,10H2,1H3,(H2,25,29)(H,27,30)/t16-/m0/s1. The van der Waals surface area contributed by atoms with Gasteiger partial charge >= 0.3 is 6.11 Å². The van der Waals surface area contributed by atoms with E-state index < -0.39 is 30.6 Å². The van der Waals surface area contributed by atoms with Crippen LogP contribution < -0.4 is 15.8 Å². The third-order valence-corrected chi connectivity index (χ3v) is 5.26. The molecule has 0 radical (unpaired) electrons. The molecule has 168 valence electrons. The molecule has 32 heavy (non-hydrogen) atoms. The van der Waals surface area contributed by atoms with Gasteiger partial charge < -0.3 is 25.3 Å². The second-order valence-electron chi connectivity index (χ2n) is 7.63. The molecule has 4 N–H and O–H groups in total. The third-order valence-electron chi connectivity index (χ3n) is 5.26. The molecule has 3 aromatic rings. The summed E-state index contributed by atoms with van der Waals surface area (Å²) in [5.74, 6) is -1.65. The monoisotopic (exact) mass is 445 g/mol. The molecule has 1 aliphatic carbocycles. The Morgan fingerprint density at radius 3 is 2.78 bits per heavy atom. The van der Waals surface area contributed by atoms with Crippen molar-refractivity contribution in [2.75, 3.05) is 6.61 Å². The number of nitrogens with zero attached hydrogens (tertiary/aromatic N) is 1. The highest BCUT2D eigenvalue weighted by Gasteiger charge is 2.41. The van der Waals surface area contributed by atoms with Crippen molar-refractivity contribution in [2.45, 2.75) is 37.8 Å². The van der Waals surface area contributed by atoms with E-state index in [1.54, 1.807) is 0 Å². The number of carbonyl (C=O) groups excluding carboxylic acids is 2. The van der Waals surface area contributed by atoms with Gasteiger partial charge in [0.05, 0.1) is 23.4 Å². The summed E-state index contributed by atoms with van der Waals surface area (Å²) in [6, 6.07) is 5.40. The maximum atomic E-state index is 15.0. The summed E-state index contributed by atoms with van der Waals surface area (Å²) < 4.78 is 40.6. The summed E-state index contributed by atoms with van der Waals surface area (Å²) in [7, 11) is 0. The van der Waals surface area contributed by atoms with Crippen molar-refractivity contribution in [1.29, 1.82) is 0 Å². The Labute approximate surface area is 181 Å². The smallest absolute Gasteiger partial charge is 0.428 e. The lowest BCUT2D eigenvalue weighted by molar-refractivity contribution is -0.186. The highest BCUT2D eigenvalue weighted by atomic mass is 19.3. The molecule has 0 spiro atoms.